The van der Waals surface area contributed by atoms with E-state index >= 15 is 0 Å². The molecule has 0 saturated carbocycles. The largest absolute Gasteiger partial charge is 0.494 e. The van der Waals surface area contributed by atoms with Crippen molar-refractivity contribution in [3.05, 3.63) is 78.4 Å². The summed E-state index contributed by atoms with van der Waals surface area (Å²) in [5, 5.41) is 11.6. The quantitative estimate of drug-likeness (QED) is 0.366. The molecule has 1 fully saturated rings. The lowest BCUT2D eigenvalue weighted by molar-refractivity contribution is -0.138. The predicted molar refractivity (Wildman–Crippen MR) is 144 cm³/mol. The normalized spacial score (nSPS) is 18.2. The summed E-state index contributed by atoms with van der Waals surface area (Å²) in [5.41, 5.74) is -0.124. The van der Waals surface area contributed by atoms with E-state index in [2.05, 4.69) is 14.5 Å². The molecule has 3 aromatic rings. The summed E-state index contributed by atoms with van der Waals surface area (Å²) in [6.45, 7) is 5.91. The van der Waals surface area contributed by atoms with E-state index in [1.54, 1.807) is 4.90 Å². The number of methoxy groups -OCH3 is 1. The first kappa shape index (κ1) is 27.6. The van der Waals surface area contributed by atoms with Gasteiger partial charge in [-0.3, -0.25) is 9.69 Å². The van der Waals surface area contributed by atoms with Crippen molar-refractivity contribution in [3.8, 4) is 11.5 Å². The minimum atomic E-state index is -1.23. The van der Waals surface area contributed by atoms with Crippen molar-refractivity contribution in [1.29, 1.82) is 0 Å². The van der Waals surface area contributed by atoms with Gasteiger partial charge in [-0.05, 0) is 43.2 Å². The molecule has 0 aliphatic carbocycles. The van der Waals surface area contributed by atoms with Crippen molar-refractivity contribution < 1.29 is 24.1 Å². The molecule has 1 amide bonds. The summed E-state index contributed by atoms with van der Waals surface area (Å²) < 4.78 is 19.0. The van der Waals surface area contributed by atoms with E-state index in [-0.39, 0.29) is 25.7 Å². The maximum atomic E-state index is 12.6. The molecule has 1 aliphatic heterocycles. The van der Waals surface area contributed by atoms with E-state index in [1.807, 2.05) is 73.9 Å². The summed E-state index contributed by atoms with van der Waals surface area (Å²) in [4.78, 5) is 20.7. The average molecular weight is 523 g/mol. The Morgan fingerprint density at radius 1 is 1.03 bits per heavy atom. The molecule has 0 bridgehead atoms. The molecule has 1 unspecified atom stereocenters. The molecular formula is C29H38N4O5. The molecule has 9 heteroatoms. The second-order valence-electron chi connectivity index (χ2n) is 9.80. The maximum Gasteiger partial charge on any atom is 0.248 e. The van der Waals surface area contributed by atoms with E-state index in [4.69, 9.17) is 14.2 Å². The first-order valence-corrected chi connectivity index (χ1v) is 13.0. The molecule has 1 N–H and O–H groups in total. The van der Waals surface area contributed by atoms with E-state index in [0.717, 1.165) is 30.1 Å². The highest BCUT2D eigenvalue weighted by molar-refractivity contribution is 5.77. The van der Waals surface area contributed by atoms with Gasteiger partial charge >= 0.3 is 0 Å². The van der Waals surface area contributed by atoms with Gasteiger partial charge in [-0.1, -0.05) is 30.3 Å². The molecule has 204 valence electrons. The summed E-state index contributed by atoms with van der Waals surface area (Å²) >= 11 is 0. The van der Waals surface area contributed by atoms with Crippen LogP contribution in [0.4, 0.5) is 0 Å². The van der Waals surface area contributed by atoms with Crippen molar-refractivity contribution in [2.45, 2.75) is 32.0 Å². The van der Waals surface area contributed by atoms with Gasteiger partial charge < -0.3 is 28.8 Å². The molecular weight excluding hydrogens is 484 g/mol. The van der Waals surface area contributed by atoms with E-state index in [0.29, 0.717) is 38.5 Å². The smallest absolute Gasteiger partial charge is 0.248 e. The number of ether oxygens (including phenoxy) is 3. The molecule has 0 radical (unpaired) electrons. The summed E-state index contributed by atoms with van der Waals surface area (Å²) in [6, 6.07) is 17.5. The molecule has 38 heavy (non-hydrogen) atoms. The lowest BCUT2D eigenvalue weighted by atomic mass is 10.0. The van der Waals surface area contributed by atoms with Crippen molar-refractivity contribution in [2.24, 2.45) is 0 Å². The fourth-order valence-corrected chi connectivity index (χ4v) is 4.64. The first-order chi connectivity index (χ1) is 18.4. The highest BCUT2D eigenvalue weighted by Crippen LogP contribution is 2.21. The Kier molecular flexibility index (Phi) is 9.75. The van der Waals surface area contributed by atoms with Crippen molar-refractivity contribution in [1.82, 2.24) is 19.4 Å². The number of nitrogens with zero attached hydrogens (tertiary/aromatic N) is 4. The van der Waals surface area contributed by atoms with Crippen LogP contribution in [0.15, 0.2) is 67.0 Å². The second kappa shape index (κ2) is 13.4. The number of aromatic nitrogens is 2. The van der Waals surface area contributed by atoms with Gasteiger partial charge in [0.25, 0.3) is 0 Å². The fraction of sp³-hybridized carbons (Fsp3) is 0.448. The number of aryl methyl sites for hydroxylation is 2. The fourth-order valence-electron chi connectivity index (χ4n) is 4.64. The molecule has 1 saturated heterocycles. The van der Waals surface area contributed by atoms with Crippen LogP contribution >= 0.6 is 0 Å². The molecule has 1 aliphatic rings. The Hall–Kier alpha value is -3.40. The Bertz CT molecular complexity index is 1140. The van der Waals surface area contributed by atoms with E-state index < -0.39 is 5.60 Å². The predicted octanol–water partition coefficient (Wildman–Crippen LogP) is 2.76. The van der Waals surface area contributed by atoms with Gasteiger partial charge in [-0.2, -0.15) is 0 Å². The number of hydrogen-bond donors (Lipinski definition) is 1. The number of β-amino-alcohol motifs (C(OH)–C–C–N with tert-alkyl or cyclic N) is 1. The average Bonchev–Trinajstić information content (AvgIpc) is 3.25. The van der Waals surface area contributed by atoms with Crippen LogP contribution in [-0.4, -0.2) is 89.1 Å². The maximum absolute atomic E-state index is 12.6. The Labute approximate surface area is 224 Å². The third-order valence-corrected chi connectivity index (χ3v) is 6.63. The number of rotatable bonds is 12. The molecule has 0 spiro atoms. The topological polar surface area (TPSA) is 89.3 Å². The highest BCUT2D eigenvalue weighted by Gasteiger charge is 2.37. The molecule has 1 aromatic heterocycles. The van der Waals surface area contributed by atoms with Gasteiger partial charge in [0.05, 0.1) is 13.2 Å². The van der Waals surface area contributed by atoms with Crippen LogP contribution in [0.5, 0.6) is 11.5 Å². The van der Waals surface area contributed by atoms with Crippen LogP contribution in [0.3, 0.4) is 0 Å². The van der Waals surface area contributed by atoms with Gasteiger partial charge in [-0.25, -0.2) is 4.98 Å². The number of benzene rings is 2. The van der Waals surface area contributed by atoms with Gasteiger partial charge in [0.15, 0.2) is 0 Å². The van der Waals surface area contributed by atoms with Crippen LogP contribution in [0.2, 0.25) is 0 Å². The van der Waals surface area contributed by atoms with Gasteiger partial charge in [0, 0.05) is 52.2 Å². The number of carbonyl (C=O) groups excluding carboxylic acids is 1. The van der Waals surface area contributed by atoms with E-state index in [9.17, 15) is 9.90 Å². The molecule has 4 rings (SSSR count). The van der Waals surface area contributed by atoms with Gasteiger partial charge in [-0.15, -0.1) is 0 Å². The summed E-state index contributed by atoms with van der Waals surface area (Å²) in [5.74, 6) is 2.38. The minimum Gasteiger partial charge on any atom is -0.494 e. The number of imidazole rings is 1. The summed E-state index contributed by atoms with van der Waals surface area (Å²) in [6.07, 6.45) is 4.69. The highest BCUT2D eigenvalue weighted by atomic mass is 16.5. The lowest BCUT2D eigenvalue weighted by Crippen LogP contribution is -2.52. The second-order valence-corrected chi connectivity index (χ2v) is 9.80. The van der Waals surface area contributed by atoms with Crippen LogP contribution in [0, 0.1) is 6.92 Å². The molecule has 9 nitrogen and oxygen atoms in total. The van der Waals surface area contributed by atoms with Crippen LogP contribution in [0.1, 0.15) is 17.8 Å². The number of carbonyl (C=O) groups is 1. The van der Waals surface area contributed by atoms with Crippen molar-refractivity contribution >= 4 is 5.91 Å². The molecule has 2 aromatic carbocycles. The number of para-hydroxylation sites is 1. The number of aliphatic hydroxyl groups is 1. The standard InChI is InChI=1S/C29H38N4O5/c1-24-30-13-15-32(24)14-6-18-37-27-11-9-25(10-12-27)19-31-16-17-33(28(34)20-36-2)22-29(35,21-31)23-38-26-7-4-3-5-8-26/h3-5,7-13,15,35H,6,14,16-23H2,1-2H3. The minimum absolute atomic E-state index is 0.0149. The SMILES string of the molecule is COCC(=O)N1CCN(Cc2ccc(OCCCn3ccnc3C)cc2)CC(O)(COc2ccccc2)C1. The van der Waals surface area contributed by atoms with Crippen LogP contribution in [-0.2, 0) is 22.6 Å². The van der Waals surface area contributed by atoms with Gasteiger partial charge in [0.2, 0.25) is 5.91 Å². The van der Waals surface area contributed by atoms with E-state index in [1.165, 1.54) is 7.11 Å². The third kappa shape index (κ3) is 8.05. The zero-order chi connectivity index (χ0) is 26.8. The number of hydrogen-bond acceptors (Lipinski definition) is 7. The van der Waals surface area contributed by atoms with Gasteiger partial charge in [0.1, 0.15) is 36.1 Å². The van der Waals surface area contributed by atoms with Crippen LogP contribution < -0.4 is 9.47 Å². The molecule has 1 atom stereocenters. The zero-order valence-electron chi connectivity index (χ0n) is 22.3. The Morgan fingerprint density at radius 3 is 2.50 bits per heavy atom. The lowest BCUT2D eigenvalue weighted by Gasteiger charge is -2.33. The molecule has 2 heterocycles. The number of amides is 1. The van der Waals surface area contributed by atoms with Crippen molar-refractivity contribution in [3.63, 3.8) is 0 Å². The first-order valence-electron chi connectivity index (χ1n) is 13.0. The Balaban J connectivity index is 1.33. The monoisotopic (exact) mass is 522 g/mol. The zero-order valence-corrected chi connectivity index (χ0v) is 22.3. The van der Waals surface area contributed by atoms with Crippen LogP contribution in [0.25, 0.3) is 0 Å². The van der Waals surface area contributed by atoms with Crippen molar-refractivity contribution in [2.75, 3.05) is 53.1 Å². The summed E-state index contributed by atoms with van der Waals surface area (Å²) in [7, 11) is 1.50. The Morgan fingerprint density at radius 2 is 1.79 bits per heavy atom. The third-order valence-electron chi connectivity index (χ3n) is 6.63.